The molecule has 0 aliphatic heterocycles. The number of aromatic nitrogens is 3. The van der Waals surface area contributed by atoms with Gasteiger partial charge in [0.25, 0.3) is 5.56 Å². The Labute approximate surface area is 177 Å². The van der Waals surface area contributed by atoms with E-state index in [4.69, 9.17) is 0 Å². The Morgan fingerprint density at radius 1 is 1.07 bits per heavy atom. The van der Waals surface area contributed by atoms with Crippen molar-refractivity contribution in [2.45, 2.75) is 32.1 Å². The number of benzene rings is 2. The van der Waals surface area contributed by atoms with Crippen LogP contribution in [-0.4, -0.2) is 21.1 Å². The number of anilines is 1. The molecule has 4 aromatic rings. The normalized spacial score (nSPS) is 13.2. The molecule has 0 bridgehead atoms. The summed E-state index contributed by atoms with van der Waals surface area (Å²) in [6, 6.07) is 13.7. The molecule has 150 valence electrons. The molecule has 7 heteroatoms. The Balaban J connectivity index is 1.33. The fraction of sp³-hybridized carbons (Fsp3) is 0.217. The van der Waals surface area contributed by atoms with Gasteiger partial charge in [-0.15, -0.1) is 11.3 Å². The number of amides is 1. The van der Waals surface area contributed by atoms with Crippen LogP contribution in [0, 0.1) is 0 Å². The molecule has 1 amide bonds. The highest BCUT2D eigenvalue weighted by Gasteiger charge is 2.14. The van der Waals surface area contributed by atoms with Crippen molar-refractivity contribution in [3.8, 4) is 11.3 Å². The summed E-state index contributed by atoms with van der Waals surface area (Å²) in [5.74, 6) is -0.217. The zero-order valence-corrected chi connectivity index (χ0v) is 17.1. The second kappa shape index (κ2) is 7.84. The van der Waals surface area contributed by atoms with E-state index in [9.17, 15) is 9.59 Å². The molecule has 2 heterocycles. The standard InChI is InChI=1S/C23H20N4O2S/c28-21(12-19-17-7-3-4-8-18(17)22(29)27-26-19)25-23-24-20(13-30-23)16-10-9-14-5-1-2-6-15(14)11-16/h3-4,7-11,13H,1-2,5-6,12H2,(H,27,29)(H,24,25,28). The number of thiazole rings is 1. The van der Waals surface area contributed by atoms with Gasteiger partial charge in [0, 0.05) is 16.3 Å². The van der Waals surface area contributed by atoms with Crippen LogP contribution in [0.4, 0.5) is 5.13 Å². The van der Waals surface area contributed by atoms with Crippen LogP contribution >= 0.6 is 11.3 Å². The Hall–Kier alpha value is -3.32. The molecular formula is C23H20N4O2S. The zero-order valence-electron chi connectivity index (χ0n) is 16.3. The number of nitrogens with zero attached hydrogens (tertiary/aromatic N) is 2. The Bertz CT molecular complexity index is 1310. The van der Waals surface area contributed by atoms with Gasteiger partial charge in [-0.1, -0.05) is 30.3 Å². The summed E-state index contributed by atoms with van der Waals surface area (Å²) in [5, 5.41) is 13.1. The maximum atomic E-state index is 12.6. The van der Waals surface area contributed by atoms with Crippen LogP contribution in [0.15, 0.2) is 52.6 Å². The molecule has 0 radical (unpaired) electrons. The first-order chi connectivity index (χ1) is 14.7. The minimum absolute atomic E-state index is 0.0606. The van der Waals surface area contributed by atoms with Crippen molar-refractivity contribution in [1.29, 1.82) is 0 Å². The fourth-order valence-electron chi connectivity index (χ4n) is 3.98. The third-order valence-electron chi connectivity index (χ3n) is 5.50. The van der Waals surface area contributed by atoms with E-state index in [0.717, 1.165) is 24.1 Å². The first-order valence-corrected chi connectivity index (χ1v) is 10.9. The van der Waals surface area contributed by atoms with Crippen molar-refractivity contribution in [2.24, 2.45) is 0 Å². The van der Waals surface area contributed by atoms with Gasteiger partial charge in [-0.3, -0.25) is 9.59 Å². The summed E-state index contributed by atoms with van der Waals surface area (Å²) in [5.41, 5.74) is 5.08. The first kappa shape index (κ1) is 18.7. The van der Waals surface area contributed by atoms with Crippen molar-refractivity contribution in [1.82, 2.24) is 15.2 Å². The quantitative estimate of drug-likeness (QED) is 0.524. The van der Waals surface area contributed by atoms with Crippen LogP contribution in [0.5, 0.6) is 0 Å². The Morgan fingerprint density at radius 2 is 1.87 bits per heavy atom. The molecule has 2 aromatic heterocycles. The monoisotopic (exact) mass is 416 g/mol. The van der Waals surface area contributed by atoms with E-state index in [2.05, 4.69) is 38.7 Å². The van der Waals surface area contributed by atoms with Gasteiger partial charge in [0.15, 0.2) is 5.13 Å². The summed E-state index contributed by atoms with van der Waals surface area (Å²) in [7, 11) is 0. The highest BCUT2D eigenvalue weighted by molar-refractivity contribution is 7.14. The predicted molar refractivity (Wildman–Crippen MR) is 119 cm³/mol. The second-order valence-corrected chi connectivity index (χ2v) is 8.36. The lowest BCUT2D eigenvalue weighted by molar-refractivity contribution is -0.115. The molecule has 0 saturated carbocycles. The predicted octanol–water partition coefficient (Wildman–Crippen LogP) is 4.11. The summed E-state index contributed by atoms with van der Waals surface area (Å²) >= 11 is 1.41. The molecule has 6 nitrogen and oxygen atoms in total. The number of carbonyl (C=O) groups excluding carboxylic acids is 1. The number of hydrogen-bond donors (Lipinski definition) is 2. The number of carbonyl (C=O) groups is 1. The molecule has 0 atom stereocenters. The van der Waals surface area contributed by atoms with Crippen molar-refractivity contribution in [3.63, 3.8) is 0 Å². The van der Waals surface area contributed by atoms with Gasteiger partial charge in [0.05, 0.1) is 23.2 Å². The Kier molecular flexibility index (Phi) is 4.88. The number of aromatic amines is 1. The number of aryl methyl sites for hydroxylation is 2. The SMILES string of the molecule is O=C(Cc1n[nH]c(=O)c2ccccc12)Nc1nc(-c2ccc3c(c2)CCCC3)cs1. The van der Waals surface area contributed by atoms with Gasteiger partial charge in [-0.2, -0.15) is 5.10 Å². The van der Waals surface area contributed by atoms with Crippen molar-refractivity contribution in [2.75, 3.05) is 5.32 Å². The van der Waals surface area contributed by atoms with Gasteiger partial charge in [0.1, 0.15) is 0 Å². The molecule has 1 aliphatic carbocycles. The zero-order chi connectivity index (χ0) is 20.5. The molecule has 0 unspecified atom stereocenters. The molecular weight excluding hydrogens is 396 g/mol. The largest absolute Gasteiger partial charge is 0.302 e. The topological polar surface area (TPSA) is 87.7 Å². The van der Waals surface area contributed by atoms with E-state index in [1.807, 2.05) is 11.4 Å². The lowest BCUT2D eigenvalue weighted by Crippen LogP contribution is -2.18. The smallest absolute Gasteiger partial charge is 0.272 e. The number of fused-ring (bicyclic) bond motifs is 2. The second-order valence-electron chi connectivity index (χ2n) is 7.50. The summed E-state index contributed by atoms with van der Waals surface area (Å²) in [6.07, 6.45) is 4.84. The molecule has 30 heavy (non-hydrogen) atoms. The van der Waals surface area contributed by atoms with Crippen LogP contribution in [0.3, 0.4) is 0 Å². The lowest BCUT2D eigenvalue weighted by Gasteiger charge is -2.16. The molecule has 5 rings (SSSR count). The molecule has 2 N–H and O–H groups in total. The number of H-pyrrole nitrogens is 1. The maximum Gasteiger partial charge on any atom is 0.272 e. The van der Waals surface area contributed by atoms with Gasteiger partial charge >= 0.3 is 0 Å². The first-order valence-electron chi connectivity index (χ1n) is 10.0. The highest BCUT2D eigenvalue weighted by atomic mass is 32.1. The maximum absolute atomic E-state index is 12.6. The van der Waals surface area contributed by atoms with Gasteiger partial charge in [-0.05, 0) is 48.9 Å². The van der Waals surface area contributed by atoms with E-state index < -0.39 is 0 Å². The summed E-state index contributed by atoms with van der Waals surface area (Å²) in [4.78, 5) is 29.1. The van der Waals surface area contributed by atoms with Crippen molar-refractivity contribution >= 4 is 33.1 Å². The number of nitrogens with one attached hydrogen (secondary N) is 2. The Morgan fingerprint density at radius 3 is 2.73 bits per heavy atom. The third-order valence-corrected chi connectivity index (χ3v) is 6.26. The van der Waals surface area contributed by atoms with Crippen LogP contribution in [0.2, 0.25) is 0 Å². The van der Waals surface area contributed by atoms with Gasteiger partial charge < -0.3 is 5.32 Å². The fourth-order valence-corrected chi connectivity index (χ4v) is 4.71. The number of hydrogen-bond acceptors (Lipinski definition) is 5. The number of rotatable bonds is 4. The van der Waals surface area contributed by atoms with E-state index in [1.165, 1.54) is 35.3 Å². The highest BCUT2D eigenvalue weighted by Crippen LogP contribution is 2.29. The third kappa shape index (κ3) is 3.64. The van der Waals surface area contributed by atoms with Crippen LogP contribution in [0.1, 0.15) is 29.7 Å². The van der Waals surface area contributed by atoms with Crippen molar-refractivity contribution in [3.05, 3.63) is 75.0 Å². The molecule has 0 spiro atoms. The minimum Gasteiger partial charge on any atom is -0.302 e. The molecule has 0 saturated heterocycles. The van der Waals surface area contributed by atoms with Gasteiger partial charge in [-0.25, -0.2) is 10.1 Å². The lowest BCUT2D eigenvalue weighted by atomic mass is 9.90. The average Bonchev–Trinajstić information content (AvgIpc) is 3.24. The summed E-state index contributed by atoms with van der Waals surface area (Å²) in [6.45, 7) is 0. The van der Waals surface area contributed by atoms with Crippen LogP contribution in [0.25, 0.3) is 22.0 Å². The molecule has 1 aliphatic rings. The molecule has 0 fully saturated rings. The summed E-state index contributed by atoms with van der Waals surface area (Å²) < 4.78 is 0. The molecule has 2 aromatic carbocycles. The van der Waals surface area contributed by atoms with E-state index >= 15 is 0 Å². The van der Waals surface area contributed by atoms with Crippen molar-refractivity contribution < 1.29 is 4.79 Å². The van der Waals surface area contributed by atoms with Gasteiger partial charge in [0.2, 0.25) is 5.91 Å². The van der Waals surface area contributed by atoms with Crippen LogP contribution in [-0.2, 0) is 24.1 Å². The van der Waals surface area contributed by atoms with E-state index in [1.54, 1.807) is 18.2 Å². The van der Waals surface area contributed by atoms with Crippen LogP contribution < -0.4 is 10.9 Å². The minimum atomic E-state index is -0.260. The van der Waals surface area contributed by atoms with E-state index in [-0.39, 0.29) is 17.9 Å². The average molecular weight is 417 g/mol. The van der Waals surface area contributed by atoms with E-state index in [0.29, 0.717) is 21.6 Å².